The molecule has 8 heteroatoms. The molecule has 3 fully saturated rings. The largest absolute Gasteiger partial charge is 0.353 e. The topological polar surface area (TPSA) is 83.1 Å². The smallest absolute Gasteiger partial charge is 0.208 e. The fourth-order valence-electron chi connectivity index (χ4n) is 4.16. The van der Waals surface area contributed by atoms with E-state index in [4.69, 9.17) is 18.9 Å². The zero-order valence-corrected chi connectivity index (χ0v) is 16.7. The fourth-order valence-corrected chi connectivity index (χ4v) is 4.66. The first kappa shape index (κ1) is 20.5. The van der Waals surface area contributed by atoms with Crippen LogP contribution in [0.4, 0.5) is 0 Å². The second-order valence-corrected chi connectivity index (χ2v) is 9.65. The lowest BCUT2D eigenvalue weighted by Gasteiger charge is -2.29. The summed E-state index contributed by atoms with van der Waals surface area (Å²) in [5.41, 5.74) is 0. The second kappa shape index (κ2) is 9.30. The number of hydrogen-bond acceptors (Lipinski definition) is 6. The Hall–Kier alpha value is -0.250. The van der Waals surface area contributed by atoms with Gasteiger partial charge in [-0.2, -0.15) is 0 Å². The molecule has 2 saturated heterocycles. The molecule has 3 aliphatic rings. The third kappa shape index (κ3) is 5.87. The normalized spacial score (nSPS) is 39.2. The van der Waals surface area contributed by atoms with Crippen molar-refractivity contribution in [3.8, 4) is 0 Å². The van der Waals surface area contributed by atoms with Crippen LogP contribution in [0.2, 0.25) is 0 Å². The van der Waals surface area contributed by atoms with Crippen LogP contribution in [0.15, 0.2) is 0 Å². The van der Waals surface area contributed by atoms with E-state index in [0.717, 1.165) is 58.2 Å². The Bertz CT molecular complexity index is 530. The van der Waals surface area contributed by atoms with Crippen LogP contribution in [0.1, 0.15) is 51.9 Å². The van der Waals surface area contributed by atoms with Gasteiger partial charge in [0.15, 0.2) is 12.6 Å². The molecule has 0 amide bonds. The van der Waals surface area contributed by atoms with Crippen molar-refractivity contribution in [2.45, 2.75) is 76.7 Å². The molecule has 0 aromatic carbocycles. The van der Waals surface area contributed by atoms with Gasteiger partial charge in [0.05, 0.1) is 18.5 Å². The summed E-state index contributed by atoms with van der Waals surface area (Å²) in [5, 5.41) is 0. The Morgan fingerprint density at radius 3 is 2.04 bits per heavy atom. The summed E-state index contributed by atoms with van der Waals surface area (Å²) in [4.78, 5) is 0. The van der Waals surface area contributed by atoms with Crippen LogP contribution in [0.3, 0.4) is 0 Å². The molecule has 0 aromatic heterocycles. The second-order valence-electron chi connectivity index (χ2n) is 7.82. The van der Waals surface area contributed by atoms with Crippen molar-refractivity contribution in [3.05, 3.63) is 0 Å². The maximum atomic E-state index is 11.6. The average Bonchev–Trinajstić information content (AvgIpc) is 2.89. The maximum absolute atomic E-state index is 11.6. The molecule has 2 aliphatic heterocycles. The van der Waals surface area contributed by atoms with Crippen LogP contribution < -0.4 is 4.72 Å². The molecule has 1 aliphatic carbocycles. The minimum Gasteiger partial charge on any atom is -0.353 e. The minimum atomic E-state index is -3.24. The molecule has 26 heavy (non-hydrogen) atoms. The summed E-state index contributed by atoms with van der Waals surface area (Å²) in [6, 6.07) is 0. The lowest BCUT2D eigenvalue weighted by Crippen LogP contribution is -2.38. The molecule has 6 unspecified atom stereocenters. The molecule has 1 saturated carbocycles. The standard InChI is InChI=1S/C18H33NO6S/c1-13-14(12-19-26(2,20)21)16(25-18-8-4-6-10-23-18)11-15(13)24-17-7-3-5-9-22-17/h13-19H,3-12H2,1-2H3. The van der Waals surface area contributed by atoms with Gasteiger partial charge < -0.3 is 18.9 Å². The summed E-state index contributed by atoms with van der Waals surface area (Å²) >= 11 is 0. The van der Waals surface area contributed by atoms with Crippen molar-refractivity contribution in [1.29, 1.82) is 0 Å². The summed E-state index contributed by atoms with van der Waals surface area (Å²) in [6.45, 7) is 3.96. The summed E-state index contributed by atoms with van der Waals surface area (Å²) in [7, 11) is -3.24. The quantitative estimate of drug-likeness (QED) is 0.715. The third-order valence-electron chi connectivity index (χ3n) is 5.71. The highest BCUT2D eigenvalue weighted by molar-refractivity contribution is 7.88. The Labute approximate surface area is 157 Å². The van der Waals surface area contributed by atoms with Crippen molar-refractivity contribution in [1.82, 2.24) is 4.72 Å². The number of sulfonamides is 1. The number of rotatable bonds is 7. The molecule has 0 spiro atoms. The zero-order valence-electron chi connectivity index (χ0n) is 15.9. The molecule has 6 atom stereocenters. The van der Waals surface area contributed by atoms with Crippen molar-refractivity contribution in [3.63, 3.8) is 0 Å². The van der Waals surface area contributed by atoms with Gasteiger partial charge in [0, 0.05) is 32.1 Å². The molecule has 1 N–H and O–H groups in total. The number of nitrogens with one attached hydrogen (secondary N) is 1. The molecule has 7 nitrogen and oxygen atoms in total. The summed E-state index contributed by atoms with van der Waals surface area (Å²) in [5.74, 6) is 0.243. The van der Waals surface area contributed by atoms with Crippen LogP contribution in [-0.2, 0) is 29.0 Å². The Morgan fingerprint density at radius 1 is 0.962 bits per heavy atom. The number of ether oxygens (including phenoxy) is 4. The highest BCUT2D eigenvalue weighted by atomic mass is 32.2. The molecular weight excluding hydrogens is 358 g/mol. The van der Waals surface area contributed by atoms with Gasteiger partial charge in [-0.3, -0.25) is 0 Å². The minimum absolute atomic E-state index is 0.0121. The maximum Gasteiger partial charge on any atom is 0.208 e. The first-order valence-corrected chi connectivity index (χ1v) is 11.8. The van der Waals surface area contributed by atoms with E-state index in [1.165, 1.54) is 6.26 Å². The Morgan fingerprint density at radius 2 is 1.54 bits per heavy atom. The molecule has 3 rings (SSSR count). The van der Waals surface area contributed by atoms with Gasteiger partial charge in [0.1, 0.15) is 0 Å². The lowest BCUT2D eigenvalue weighted by molar-refractivity contribution is -0.204. The monoisotopic (exact) mass is 391 g/mol. The highest BCUT2D eigenvalue weighted by Crippen LogP contribution is 2.38. The fraction of sp³-hybridized carbons (Fsp3) is 1.00. The van der Waals surface area contributed by atoms with E-state index in [0.29, 0.717) is 6.54 Å². The van der Waals surface area contributed by atoms with Crippen molar-refractivity contribution in [2.75, 3.05) is 26.0 Å². The van der Waals surface area contributed by atoms with Gasteiger partial charge in [-0.05, 0) is 44.4 Å². The van der Waals surface area contributed by atoms with Gasteiger partial charge in [0.2, 0.25) is 10.0 Å². The van der Waals surface area contributed by atoms with Crippen LogP contribution in [0.5, 0.6) is 0 Å². The summed E-state index contributed by atoms with van der Waals surface area (Å²) < 4.78 is 49.7. The van der Waals surface area contributed by atoms with Crippen LogP contribution in [-0.4, -0.2) is 59.2 Å². The lowest BCUT2D eigenvalue weighted by atomic mass is 9.95. The Kier molecular flexibility index (Phi) is 7.32. The predicted octanol–water partition coefficient (Wildman–Crippen LogP) is 2.02. The van der Waals surface area contributed by atoms with Crippen molar-refractivity contribution in [2.24, 2.45) is 11.8 Å². The van der Waals surface area contributed by atoms with E-state index in [-0.39, 0.29) is 36.6 Å². The van der Waals surface area contributed by atoms with E-state index < -0.39 is 10.0 Å². The SMILES string of the molecule is CC1C(OC2CCCCO2)CC(OC2CCCCO2)C1CNS(C)(=O)=O. The van der Waals surface area contributed by atoms with Gasteiger partial charge in [-0.15, -0.1) is 0 Å². The van der Waals surface area contributed by atoms with Crippen molar-refractivity contribution < 1.29 is 27.4 Å². The van der Waals surface area contributed by atoms with Gasteiger partial charge in [-0.25, -0.2) is 13.1 Å². The van der Waals surface area contributed by atoms with E-state index in [9.17, 15) is 8.42 Å². The Balaban J connectivity index is 1.62. The molecule has 2 heterocycles. The van der Waals surface area contributed by atoms with Crippen molar-refractivity contribution >= 4 is 10.0 Å². The predicted molar refractivity (Wildman–Crippen MR) is 97.0 cm³/mol. The van der Waals surface area contributed by atoms with E-state index in [2.05, 4.69) is 11.6 Å². The molecular formula is C18H33NO6S. The molecule has 152 valence electrons. The third-order valence-corrected chi connectivity index (χ3v) is 6.41. The van der Waals surface area contributed by atoms with Crippen LogP contribution in [0.25, 0.3) is 0 Å². The number of hydrogen-bond donors (Lipinski definition) is 1. The molecule has 0 radical (unpaired) electrons. The summed E-state index contributed by atoms with van der Waals surface area (Å²) in [6.07, 6.45) is 7.76. The van der Waals surface area contributed by atoms with E-state index in [1.807, 2.05) is 0 Å². The van der Waals surface area contributed by atoms with Gasteiger partial charge >= 0.3 is 0 Å². The molecule has 0 aromatic rings. The zero-order chi connectivity index (χ0) is 18.6. The van der Waals surface area contributed by atoms with Gasteiger partial charge in [0.25, 0.3) is 0 Å². The first-order valence-electron chi connectivity index (χ1n) is 9.91. The van der Waals surface area contributed by atoms with Gasteiger partial charge in [-0.1, -0.05) is 6.92 Å². The average molecular weight is 392 g/mol. The van der Waals surface area contributed by atoms with Crippen LogP contribution in [0, 0.1) is 11.8 Å². The molecule has 0 bridgehead atoms. The van der Waals surface area contributed by atoms with E-state index in [1.54, 1.807) is 0 Å². The first-order chi connectivity index (χ1) is 12.4. The van der Waals surface area contributed by atoms with Crippen LogP contribution >= 0.6 is 0 Å². The van der Waals surface area contributed by atoms with E-state index >= 15 is 0 Å². The highest BCUT2D eigenvalue weighted by Gasteiger charge is 2.44.